The van der Waals surface area contributed by atoms with Gasteiger partial charge in [-0.15, -0.1) is 0 Å². The summed E-state index contributed by atoms with van der Waals surface area (Å²) in [5.74, 6) is 0. The summed E-state index contributed by atoms with van der Waals surface area (Å²) in [5, 5.41) is 11.5. The van der Waals surface area contributed by atoms with Gasteiger partial charge in [0.15, 0.2) is 0 Å². The van der Waals surface area contributed by atoms with Crippen molar-refractivity contribution < 1.29 is 9.66 Å². The molecule has 0 amide bonds. The quantitative estimate of drug-likeness (QED) is 0.340. The van der Waals surface area contributed by atoms with Gasteiger partial charge in [0, 0.05) is 35.2 Å². The number of nitrogens with zero attached hydrogens (tertiary/aromatic N) is 2. The van der Waals surface area contributed by atoms with Crippen molar-refractivity contribution in [2.45, 2.75) is 42.6 Å². The smallest absolute Gasteiger partial charge is 0.270 e. The molecule has 4 rings (SSSR count). The number of nitro benzene ring substituents is 1. The summed E-state index contributed by atoms with van der Waals surface area (Å²) in [5.41, 5.74) is 5.08. The van der Waals surface area contributed by atoms with Gasteiger partial charge in [0.1, 0.15) is 4.87 Å². The molecule has 2 heterocycles. The van der Waals surface area contributed by atoms with E-state index in [2.05, 4.69) is 62.7 Å². The fourth-order valence-electron chi connectivity index (χ4n) is 4.49. The molecule has 1 spiro atoms. The van der Waals surface area contributed by atoms with Crippen molar-refractivity contribution in [3.8, 4) is 0 Å². The monoisotopic (exact) mass is 422 g/mol. The molecule has 2 aromatic rings. The molecule has 2 aromatic carbocycles. The van der Waals surface area contributed by atoms with E-state index in [9.17, 15) is 10.1 Å². The van der Waals surface area contributed by atoms with Gasteiger partial charge in [-0.1, -0.05) is 62.0 Å². The van der Waals surface area contributed by atoms with E-state index in [1.165, 1.54) is 11.3 Å². The SMILES string of the molecule is C=C(C)COCc1cc([N+](=O)[O-])cc2c1SC1(C=C2)N(C)c2ccccc2C1(C)C. The van der Waals surface area contributed by atoms with E-state index in [-0.39, 0.29) is 20.9 Å². The number of non-ortho nitro benzene ring substituents is 1. The Labute approximate surface area is 181 Å². The van der Waals surface area contributed by atoms with Crippen LogP contribution in [0.5, 0.6) is 0 Å². The Hall–Kier alpha value is -2.57. The predicted molar refractivity (Wildman–Crippen MR) is 123 cm³/mol. The minimum atomic E-state index is -0.340. The number of nitro groups is 1. The molecule has 2 aliphatic rings. The van der Waals surface area contributed by atoms with Crippen LogP contribution in [0.4, 0.5) is 11.4 Å². The zero-order valence-electron chi connectivity index (χ0n) is 17.8. The van der Waals surface area contributed by atoms with Crippen LogP contribution in [-0.4, -0.2) is 23.4 Å². The Kier molecular flexibility index (Phi) is 5.03. The predicted octanol–water partition coefficient (Wildman–Crippen LogP) is 5.93. The first-order valence-corrected chi connectivity index (χ1v) is 10.7. The molecule has 1 atom stereocenters. The fourth-order valence-corrected chi connectivity index (χ4v) is 6.03. The van der Waals surface area contributed by atoms with Crippen molar-refractivity contribution in [3.63, 3.8) is 0 Å². The molecule has 0 saturated carbocycles. The van der Waals surface area contributed by atoms with Gasteiger partial charge in [0.25, 0.3) is 5.69 Å². The van der Waals surface area contributed by atoms with Gasteiger partial charge in [-0.2, -0.15) is 0 Å². The normalized spacial score (nSPS) is 20.9. The average Bonchev–Trinajstić information content (AvgIpc) is 2.86. The van der Waals surface area contributed by atoms with Crippen molar-refractivity contribution in [2.75, 3.05) is 18.6 Å². The van der Waals surface area contributed by atoms with Crippen LogP contribution in [0.25, 0.3) is 6.08 Å². The minimum Gasteiger partial charge on any atom is -0.372 e. The van der Waals surface area contributed by atoms with Crippen LogP contribution in [0.2, 0.25) is 0 Å². The molecule has 0 N–H and O–H groups in total. The zero-order chi connectivity index (χ0) is 21.7. The Morgan fingerprint density at radius 1 is 1.30 bits per heavy atom. The number of likely N-dealkylation sites (N-methyl/N-ethyl adjacent to an activating group) is 1. The maximum absolute atomic E-state index is 11.5. The van der Waals surface area contributed by atoms with Crippen LogP contribution in [0.3, 0.4) is 0 Å². The summed E-state index contributed by atoms with van der Waals surface area (Å²) < 4.78 is 5.80. The minimum absolute atomic E-state index is 0.0891. The second-order valence-corrected chi connectivity index (χ2v) is 9.80. The van der Waals surface area contributed by atoms with E-state index in [1.807, 2.05) is 13.0 Å². The van der Waals surface area contributed by atoms with Gasteiger partial charge in [-0.3, -0.25) is 10.1 Å². The van der Waals surface area contributed by atoms with E-state index in [4.69, 9.17) is 4.74 Å². The standard InChI is InChI=1S/C24H26N2O3S/c1-16(2)14-29-15-18-13-19(26(27)28)12-17-10-11-24(30-22(17)18)23(3,4)20-8-6-7-9-21(20)25(24)5/h6-13H,1,14-15H2,2-5H3. The molecule has 2 aliphatic heterocycles. The van der Waals surface area contributed by atoms with Crippen molar-refractivity contribution in [1.82, 2.24) is 0 Å². The van der Waals surface area contributed by atoms with Gasteiger partial charge in [-0.05, 0) is 35.8 Å². The summed E-state index contributed by atoms with van der Waals surface area (Å²) in [4.78, 5) is 14.2. The molecular weight excluding hydrogens is 396 g/mol. The lowest BCUT2D eigenvalue weighted by Gasteiger charge is -2.46. The van der Waals surface area contributed by atoms with E-state index in [0.717, 1.165) is 21.6 Å². The topological polar surface area (TPSA) is 55.6 Å². The first kappa shape index (κ1) is 20.7. The second kappa shape index (κ2) is 7.29. The summed E-state index contributed by atoms with van der Waals surface area (Å²) in [6.45, 7) is 11.0. The number of hydrogen-bond donors (Lipinski definition) is 0. The summed E-state index contributed by atoms with van der Waals surface area (Å²) in [6.07, 6.45) is 4.23. The number of rotatable bonds is 5. The van der Waals surface area contributed by atoms with Crippen LogP contribution < -0.4 is 4.90 Å². The molecule has 0 saturated heterocycles. The molecule has 0 bridgehead atoms. The molecule has 30 heavy (non-hydrogen) atoms. The molecule has 5 nitrogen and oxygen atoms in total. The van der Waals surface area contributed by atoms with Gasteiger partial charge < -0.3 is 9.64 Å². The zero-order valence-corrected chi connectivity index (χ0v) is 18.6. The Morgan fingerprint density at radius 2 is 2.03 bits per heavy atom. The van der Waals surface area contributed by atoms with Crippen LogP contribution in [0.15, 0.2) is 59.5 Å². The van der Waals surface area contributed by atoms with Gasteiger partial charge in [0.2, 0.25) is 0 Å². The van der Waals surface area contributed by atoms with Crippen LogP contribution >= 0.6 is 11.8 Å². The third-order valence-electron chi connectivity index (χ3n) is 6.08. The number of para-hydroxylation sites is 1. The second-order valence-electron chi connectivity index (χ2n) is 8.56. The van der Waals surface area contributed by atoms with E-state index >= 15 is 0 Å². The molecule has 0 radical (unpaired) electrons. The molecule has 156 valence electrons. The maximum atomic E-state index is 11.5. The van der Waals surface area contributed by atoms with Crippen molar-refractivity contribution in [3.05, 3.63) is 81.4 Å². The number of fused-ring (bicyclic) bond motifs is 2. The van der Waals surface area contributed by atoms with Crippen molar-refractivity contribution in [2.24, 2.45) is 0 Å². The molecular formula is C24H26N2O3S. The maximum Gasteiger partial charge on any atom is 0.270 e. The first-order valence-electron chi connectivity index (χ1n) is 9.92. The van der Waals surface area contributed by atoms with Gasteiger partial charge >= 0.3 is 0 Å². The molecule has 1 unspecified atom stereocenters. The number of anilines is 1. The number of thioether (sulfide) groups is 1. The fraction of sp³-hybridized carbons (Fsp3) is 0.333. The Morgan fingerprint density at radius 3 is 2.70 bits per heavy atom. The lowest BCUT2D eigenvalue weighted by atomic mass is 9.79. The molecule has 0 aromatic heterocycles. The lowest BCUT2D eigenvalue weighted by molar-refractivity contribution is -0.385. The highest BCUT2D eigenvalue weighted by Crippen LogP contribution is 2.61. The summed E-state index contributed by atoms with van der Waals surface area (Å²) in [7, 11) is 2.12. The molecule has 0 fully saturated rings. The van der Waals surface area contributed by atoms with Crippen LogP contribution in [-0.2, 0) is 16.8 Å². The van der Waals surface area contributed by atoms with E-state index < -0.39 is 0 Å². The average molecular weight is 423 g/mol. The van der Waals surface area contributed by atoms with Crippen molar-refractivity contribution >= 4 is 29.2 Å². The van der Waals surface area contributed by atoms with Gasteiger partial charge in [-0.25, -0.2) is 0 Å². The summed E-state index contributed by atoms with van der Waals surface area (Å²) in [6, 6.07) is 11.8. The van der Waals surface area contributed by atoms with E-state index in [0.29, 0.717) is 13.2 Å². The number of ether oxygens (including phenoxy) is 1. The van der Waals surface area contributed by atoms with E-state index in [1.54, 1.807) is 23.9 Å². The summed E-state index contributed by atoms with van der Waals surface area (Å²) >= 11 is 1.76. The highest BCUT2D eigenvalue weighted by molar-refractivity contribution is 8.01. The highest BCUT2D eigenvalue weighted by atomic mass is 32.2. The largest absolute Gasteiger partial charge is 0.372 e. The van der Waals surface area contributed by atoms with Crippen LogP contribution in [0.1, 0.15) is 37.5 Å². The Balaban J connectivity index is 1.80. The molecule has 6 heteroatoms. The Bertz CT molecular complexity index is 1080. The van der Waals surface area contributed by atoms with Crippen LogP contribution in [0, 0.1) is 10.1 Å². The number of hydrogen-bond acceptors (Lipinski definition) is 5. The van der Waals surface area contributed by atoms with Crippen molar-refractivity contribution in [1.29, 1.82) is 0 Å². The van der Waals surface area contributed by atoms with Gasteiger partial charge in [0.05, 0.1) is 18.1 Å². The lowest BCUT2D eigenvalue weighted by Crippen LogP contribution is -2.50. The third-order valence-corrected chi connectivity index (χ3v) is 8.01. The number of benzene rings is 2. The molecule has 0 aliphatic carbocycles. The first-order chi connectivity index (χ1) is 14.2. The highest BCUT2D eigenvalue weighted by Gasteiger charge is 2.56. The third kappa shape index (κ3) is 3.06.